The van der Waals surface area contributed by atoms with Gasteiger partial charge in [0, 0.05) is 31.7 Å². The van der Waals surface area contributed by atoms with Crippen LogP contribution in [0.15, 0.2) is 18.2 Å². The molecule has 110 valence electrons. The first-order valence-electron chi connectivity index (χ1n) is 6.64. The summed E-state index contributed by atoms with van der Waals surface area (Å²) in [5.41, 5.74) is 5.50. The van der Waals surface area contributed by atoms with Gasteiger partial charge >= 0.3 is 0 Å². The third-order valence-corrected chi connectivity index (χ3v) is 3.67. The largest absolute Gasteiger partial charge is 0.336 e. The molecule has 1 heterocycles. The highest BCUT2D eigenvalue weighted by atomic mass is 19.1. The van der Waals surface area contributed by atoms with Crippen molar-refractivity contribution in [1.82, 2.24) is 9.80 Å². The molecule has 1 amide bonds. The van der Waals surface area contributed by atoms with E-state index >= 15 is 0 Å². The number of nitrogens with zero attached hydrogens (tertiary/aromatic N) is 2. The van der Waals surface area contributed by atoms with Gasteiger partial charge in [-0.05, 0) is 19.2 Å². The molecule has 1 saturated heterocycles. The van der Waals surface area contributed by atoms with Crippen LogP contribution in [0.5, 0.6) is 0 Å². The Morgan fingerprint density at radius 3 is 2.60 bits per heavy atom. The lowest BCUT2D eigenvalue weighted by atomic mass is 10.1. The van der Waals surface area contributed by atoms with Crippen LogP contribution in [0, 0.1) is 11.6 Å². The van der Waals surface area contributed by atoms with Crippen molar-refractivity contribution in [1.29, 1.82) is 0 Å². The summed E-state index contributed by atoms with van der Waals surface area (Å²) >= 11 is 0. The van der Waals surface area contributed by atoms with Crippen LogP contribution in [-0.2, 0) is 11.2 Å². The number of benzene rings is 1. The van der Waals surface area contributed by atoms with Crippen LogP contribution in [0.2, 0.25) is 0 Å². The first-order valence-corrected chi connectivity index (χ1v) is 6.64. The van der Waals surface area contributed by atoms with Crippen molar-refractivity contribution in [3.05, 3.63) is 35.4 Å². The van der Waals surface area contributed by atoms with Gasteiger partial charge in [-0.15, -0.1) is 0 Å². The number of halogens is 2. The standard InChI is InChI=1S/C14H19F2N3O/c1-18-5-6-19(10(8-17)9-18)14(20)7-11-12(15)3-2-4-13(11)16/h2-4,10H,5-9,17H2,1H3. The van der Waals surface area contributed by atoms with E-state index in [-0.39, 0.29) is 23.9 Å². The summed E-state index contributed by atoms with van der Waals surface area (Å²) in [6.45, 7) is 2.30. The van der Waals surface area contributed by atoms with E-state index in [9.17, 15) is 13.6 Å². The van der Waals surface area contributed by atoms with Crippen molar-refractivity contribution >= 4 is 5.91 Å². The molecular formula is C14H19F2N3O. The lowest BCUT2D eigenvalue weighted by Gasteiger charge is -2.39. The highest BCUT2D eigenvalue weighted by Crippen LogP contribution is 2.16. The Labute approximate surface area is 117 Å². The molecule has 0 aromatic heterocycles. The zero-order valence-electron chi connectivity index (χ0n) is 11.5. The molecule has 2 N–H and O–H groups in total. The maximum absolute atomic E-state index is 13.6. The number of likely N-dealkylation sites (N-methyl/N-ethyl adjacent to an activating group) is 1. The number of rotatable bonds is 3. The van der Waals surface area contributed by atoms with Gasteiger partial charge in [-0.1, -0.05) is 6.07 Å². The summed E-state index contributed by atoms with van der Waals surface area (Å²) in [6.07, 6.45) is -0.265. The van der Waals surface area contributed by atoms with Crippen LogP contribution >= 0.6 is 0 Å². The van der Waals surface area contributed by atoms with E-state index in [1.165, 1.54) is 6.07 Å². The zero-order valence-corrected chi connectivity index (χ0v) is 11.5. The fourth-order valence-electron chi connectivity index (χ4n) is 2.49. The average molecular weight is 283 g/mol. The summed E-state index contributed by atoms with van der Waals surface area (Å²) in [6, 6.07) is 3.51. The second kappa shape index (κ2) is 6.28. The lowest BCUT2D eigenvalue weighted by molar-refractivity contribution is -0.135. The van der Waals surface area contributed by atoms with Gasteiger partial charge in [-0.3, -0.25) is 4.79 Å². The Balaban J connectivity index is 2.11. The van der Waals surface area contributed by atoms with E-state index in [1.54, 1.807) is 4.90 Å². The van der Waals surface area contributed by atoms with Crippen LogP contribution in [0.1, 0.15) is 5.56 Å². The Morgan fingerprint density at radius 2 is 2.00 bits per heavy atom. The monoisotopic (exact) mass is 283 g/mol. The molecule has 0 spiro atoms. The van der Waals surface area contributed by atoms with Gasteiger partial charge in [0.2, 0.25) is 5.91 Å². The van der Waals surface area contributed by atoms with E-state index in [1.807, 2.05) is 7.05 Å². The van der Waals surface area contributed by atoms with Crippen molar-refractivity contribution in [2.75, 3.05) is 33.2 Å². The molecule has 0 bridgehead atoms. The summed E-state index contributed by atoms with van der Waals surface area (Å²) in [5, 5.41) is 0. The number of carbonyl (C=O) groups excluding carboxylic acids is 1. The maximum Gasteiger partial charge on any atom is 0.227 e. The molecular weight excluding hydrogens is 264 g/mol. The van der Waals surface area contributed by atoms with E-state index < -0.39 is 11.6 Å². The van der Waals surface area contributed by atoms with Crippen molar-refractivity contribution in [2.24, 2.45) is 5.73 Å². The fourth-order valence-corrected chi connectivity index (χ4v) is 2.49. The summed E-state index contributed by atoms with van der Waals surface area (Å²) in [7, 11) is 1.96. The number of amides is 1. The molecule has 1 aliphatic heterocycles. The predicted molar refractivity (Wildman–Crippen MR) is 72.1 cm³/mol. The second-order valence-electron chi connectivity index (χ2n) is 5.12. The Kier molecular flexibility index (Phi) is 4.67. The van der Waals surface area contributed by atoms with Crippen molar-refractivity contribution in [2.45, 2.75) is 12.5 Å². The highest BCUT2D eigenvalue weighted by Gasteiger charge is 2.28. The van der Waals surface area contributed by atoms with Crippen LogP contribution in [0.4, 0.5) is 8.78 Å². The normalized spacial score (nSPS) is 20.2. The Bertz CT molecular complexity index is 475. The van der Waals surface area contributed by atoms with Crippen molar-refractivity contribution in [3.8, 4) is 0 Å². The van der Waals surface area contributed by atoms with Gasteiger partial charge in [0.15, 0.2) is 0 Å². The Hall–Kier alpha value is -1.53. The molecule has 2 rings (SSSR count). The molecule has 6 heteroatoms. The topological polar surface area (TPSA) is 49.6 Å². The van der Waals surface area contributed by atoms with E-state index in [0.29, 0.717) is 19.6 Å². The highest BCUT2D eigenvalue weighted by molar-refractivity contribution is 5.79. The molecule has 20 heavy (non-hydrogen) atoms. The first-order chi connectivity index (χ1) is 9.52. The molecule has 0 saturated carbocycles. The molecule has 1 aromatic carbocycles. The molecule has 0 aliphatic carbocycles. The summed E-state index contributed by atoms with van der Waals surface area (Å²) < 4.78 is 27.2. The third-order valence-electron chi connectivity index (χ3n) is 3.67. The number of hydrogen-bond acceptors (Lipinski definition) is 3. The molecule has 1 atom stereocenters. The minimum atomic E-state index is -0.684. The number of piperazine rings is 1. The van der Waals surface area contributed by atoms with E-state index in [2.05, 4.69) is 4.90 Å². The van der Waals surface area contributed by atoms with Crippen LogP contribution < -0.4 is 5.73 Å². The fraction of sp³-hybridized carbons (Fsp3) is 0.500. The molecule has 1 unspecified atom stereocenters. The van der Waals surface area contributed by atoms with Crippen molar-refractivity contribution in [3.63, 3.8) is 0 Å². The van der Waals surface area contributed by atoms with Gasteiger partial charge in [0.1, 0.15) is 11.6 Å². The molecule has 4 nitrogen and oxygen atoms in total. The van der Waals surface area contributed by atoms with Crippen LogP contribution in [0.3, 0.4) is 0 Å². The molecule has 1 aromatic rings. The second-order valence-corrected chi connectivity index (χ2v) is 5.12. The van der Waals surface area contributed by atoms with Gasteiger partial charge in [-0.25, -0.2) is 8.78 Å². The number of nitrogens with two attached hydrogens (primary N) is 1. The molecule has 1 fully saturated rings. The summed E-state index contributed by atoms with van der Waals surface area (Å²) in [5.74, 6) is -1.65. The maximum atomic E-state index is 13.6. The smallest absolute Gasteiger partial charge is 0.227 e. The van der Waals surface area contributed by atoms with E-state index in [0.717, 1.165) is 18.7 Å². The zero-order chi connectivity index (χ0) is 14.7. The van der Waals surface area contributed by atoms with E-state index in [4.69, 9.17) is 5.73 Å². The van der Waals surface area contributed by atoms with Gasteiger partial charge in [-0.2, -0.15) is 0 Å². The Morgan fingerprint density at radius 1 is 1.35 bits per heavy atom. The van der Waals surface area contributed by atoms with Gasteiger partial charge in [0.05, 0.1) is 12.5 Å². The van der Waals surface area contributed by atoms with Gasteiger partial charge in [0.25, 0.3) is 0 Å². The number of hydrogen-bond donors (Lipinski definition) is 1. The predicted octanol–water partition coefficient (Wildman–Crippen LogP) is 0.609. The number of carbonyl (C=O) groups is 1. The molecule has 0 radical (unpaired) electrons. The van der Waals surface area contributed by atoms with Crippen LogP contribution in [-0.4, -0.2) is 55.0 Å². The average Bonchev–Trinajstić information content (AvgIpc) is 2.42. The lowest BCUT2D eigenvalue weighted by Crippen LogP contribution is -2.57. The SMILES string of the molecule is CN1CCN(C(=O)Cc2c(F)cccc2F)C(CN)C1. The van der Waals surface area contributed by atoms with Crippen molar-refractivity contribution < 1.29 is 13.6 Å². The summed E-state index contributed by atoms with van der Waals surface area (Å²) in [4.78, 5) is 16.0. The van der Waals surface area contributed by atoms with Gasteiger partial charge < -0.3 is 15.5 Å². The first kappa shape index (κ1) is 14.9. The molecule has 1 aliphatic rings. The minimum absolute atomic E-state index is 0.101. The third kappa shape index (κ3) is 3.13. The van der Waals surface area contributed by atoms with Crippen LogP contribution in [0.25, 0.3) is 0 Å². The quantitative estimate of drug-likeness (QED) is 0.884. The minimum Gasteiger partial charge on any atom is -0.336 e.